The van der Waals surface area contributed by atoms with E-state index in [1.807, 2.05) is 0 Å². The van der Waals surface area contributed by atoms with Crippen molar-refractivity contribution in [1.29, 1.82) is 0 Å². The summed E-state index contributed by atoms with van der Waals surface area (Å²) < 4.78 is 5.26. The van der Waals surface area contributed by atoms with E-state index in [9.17, 15) is 9.90 Å². The highest BCUT2D eigenvalue weighted by Gasteiger charge is 2.57. The second-order valence-corrected chi connectivity index (χ2v) is 6.16. The first-order valence-corrected chi connectivity index (χ1v) is 7.14. The van der Waals surface area contributed by atoms with Crippen molar-refractivity contribution in [2.24, 2.45) is 11.8 Å². The van der Waals surface area contributed by atoms with Crippen LogP contribution < -0.4 is 0 Å². The molecular formula is C14H23NO3. The van der Waals surface area contributed by atoms with Gasteiger partial charge in [-0.2, -0.15) is 0 Å². The molecule has 0 spiro atoms. The Morgan fingerprint density at radius 2 is 2.22 bits per heavy atom. The molecule has 1 N–H and O–H groups in total. The van der Waals surface area contributed by atoms with E-state index >= 15 is 0 Å². The average Bonchev–Trinajstić information content (AvgIpc) is 2.32. The third-order valence-electron chi connectivity index (χ3n) is 5.36. The molecule has 3 heterocycles. The predicted molar refractivity (Wildman–Crippen MR) is 67.3 cm³/mol. The molecule has 4 heteroatoms. The van der Waals surface area contributed by atoms with Crippen molar-refractivity contribution < 1.29 is 14.6 Å². The predicted octanol–water partition coefficient (Wildman–Crippen LogP) is 0.827. The molecule has 1 aliphatic carbocycles. The van der Waals surface area contributed by atoms with E-state index < -0.39 is 5.54 Å². The molecule has 4 rings (SSSR count). The fraction of sp³-hybridized carbons (Fsp3) is 0.929. The van der Waals surface area contributed by atoms with Crippen molar-refractivity contribution >= 4 is 5.78 Å². The summed E-state index contributed by atoms with van der Waals surface area (Å²) in [4.78, 5) is 14.8. The van der Waals surface area contributed by atoms with Gasteiger partial charge in [0.2, 0.25) is 0 Å². The van der Waals surface area contributed by atoms with Crippen molar-refractivity contribution in [2.75, 3.05) is 26.9 Å². The van der Waals surface area contributed by atoms with E-state index in [0.717, 1.165) is 25.3 Å². The number of rotatable bonds is 4. The highest BCUT2D eigenvalue weighted by molar-refractivity contribution is 5.92. The van der Waals surface area contributed by atoms with Crippen molar-refractivity contribution in [3.05, 3.63) is 0 Å². The van der Waals surface area contributed by atoms with Crippen molar-refractivity contribution in [3.63, 3.8) is 0 Å². The lowest BCUT2D eigenvalue weighted by Gasteiger charge is -2.58. The van der Waals surface area contributed by atoms with Gasteiger partial charge in [0.15, 0.2) is 5.78 Å². The second kappa shape index (κ2) is 4.58. The van der Waals surface area contributed by atoms with Gasteiger partial charge < -0.3 is 9.84 Å². The number of fused-ring (bicyclic) bond motifs is 3. The zero-order valence-corrected chi connectivity index (χ0v) is 11.1. The molecular weight excluding hydrogens is 230 g/mol. The number of ether oxygens (including phenoxy) is 1. The van der Waals surface area contributed by atoms with Gasteiger partial charge >= 0.3 is 0 Å². The summed E-state index contributed by atoms with van der Waals surface area (Å²) in [6.07, 6.45) is 5.87. The molecule has 4 nitrogen and oxygen atoms in total. The van der Waals surface area contributed by atoms with Gasteiger partial charge in [-0.25, -0.2) is 0 Å². The van der Waals surface area contributed by atoms with E-state index in [0.29, 0.717) is 12.6 Å². The van der Waals surface area contributed by atoms with Crippen LogP contribution in [0.2, 0.25) is 0 Å². The number of carbonyl (C=O) groups excluding carboxylic acids is 1. The van der Waals surface area contributed by atoms with E-state index in [-0.39, 0.29) is 18.3 Å². The van der Waals surface area contributed by atoms with Gasteiger partial charge in [0.1, 0.15) is 5.54 Å². The third-order valence-corrected chi connectivity index (χ3v) is 5.36. The Morgan fingerprint density at radius 1 is 1.44 bits per heavy atom. The highest BCUT2D eigenvalue weighted by atomic mass is 16.5. The molecule has 102 valence electrons. The lowest BCUT2D eigenvalue weighted by molar-refractivity contribution is -0.172. The molecule has 4 atom stereocenters. The van der Waals surface area contributed by atoms with Gasteiger partial charge in [-0.15, -0.1) is 0 Å². The van der Waals surface area contributed by atoms with E-state index in [1.165, 1.54) is 19.3 Å². The smallest absolute Gasteiger partial charge is 0.161 e. The Morgan fingerprint density at radius 3 is 2.78 bits per heavy atom. The number of ketones is 1. The number of hydrogen-bond acceptors (Lipinski definition) is 4. The molecule has 18 heavy (non-hydrogen) atoms. The van der Waals surface area contributed by atoms with Gasteiger partial charge in [0, 0.05) is 25.6 Å². The SMILES string of the molecule is COC[C@]1(CO)C(=O)[C@H]2CCN1[C@H](C1CCC1)C2. The summed E-state index contributed by atoms with van der Waals surface area (Å²) >= 11 is 0. The number of Topliss-reactive ketones (excluding diaryl/α,β-unsaturated/α-hetero) is 1. The normalized spacial score (nSPS) is 44.1. The van der Waals surface area contributed by atoms with Crippen LogP contribution in [0.3, 0.4) is 0 Å². The van der Waals surface area contributed by atoms with Crippen LogP contribution in [0.1, 0.15) is 32.1 Å². The standard InChI is InChI=1S/C14H23NO3/c1-18-9-14(8-16)13(17)11-5-6-15(14)12(7-11)10-3-2-4-10/h10-12,16H,2-9H2,1H3/t11-,12-,14+/m0/s1. The molecule has 1 unspecified atom stereocenters. The Labute approximate surface area is 108 Å². The minimum atomic E-state index is -0.740. The van der Waals surface area contributed by atoms with Crippen LogP contribution in [0.5, 0.6) is 0 Å². The molecule has 4 aliphatic rings. The van der Waals surface area contributed by atoms with Crippen LogP contribution in [0.25, 0.3) is 0 Å². The summed E-state index contributed by atoms with van der Waals surface area (Å²) in [7, 11) is 1.62. The van der Waals surface area contributed by atoms with Gasteiger partial charge in [-0.3, -0.25) is 9.69 Å². The lowest BCUT2D eigenvalue weighted by atomic mass is 9.65. The fourth-order valence-corrected chi connectivity index (χ4v) is 4.17. The fourth-order valence-electron chi connectivity index (χ4n) is 4.17. The van der Waals surface area contributed by atoms with Crippen molar-refractivity contribution in [2.45, 2.75) is 43.7 Å². The van der Waals surface area contributed by atoms with Crippen molar-refractivity contribution in [3.8, 4) is 0 Å². The Bertz CT molecular complexity index is 342. The van der Waals surface area contributed by atoms with Crippen LogP contribution in [0.4, 0.5) is 0 Å². The maximum atomic E-state index is 12.5. The van der Waals surface area contributed by atoms with Crippen molar-refractivity contribution in [1.82, 2.24) is 4.90 Å². The van der Waals surface area contributed by atoms with Crippen LogP contribution in [-0.2, 0) is 9.53 Å². The number of methoxy groups -OCH3 is 1. The summed E-state index contributed by atoms with van der Waals surface area (Å²) in [5.74, 6) is 1.11. The monoisotopic (exact) mass is 253 g/mol. The molecule has 4 fully saturated rings. The van der Waals surface area contributed by atoms with Crippen LogP contribution >= 0.6 is 0 Å². The Hall–Kier alpha value is -0.450. The molecule has 0 radical (unpaired) electrons. The number of carbonyl (C=O) groups is 1. The third kappa shape index (κ3) is 1.59. The van der Waals surface area contributed by atoms with Crippen LogP contribution in [-0.4, -0.2) is 54.2 Å². The zero-order chi connectivity index (χ0) is 12.8. The van der Waals surface area contributed by atoms with E-state index in [4.69, 9.17) is 4.74 Å². The molecule has 3 saturated heterocycles. The average molecular weight is 253 g/mol. The number of aliphatic hydroxyl groups excluding tert-OH is 1. The first-order valence-electron chi connectivity index (χ1n) is 7.14. The van der Waals surface area contributed by atoms with Gasteiger partial charge in [0.05, 0.1) is 13.2 Å². The molecule has 0 amide bonds. The van der Waals surface area contributed by atoms with Gasteiger partial charge in [-0.1, -0.05) is 6.42 Å². The highest BCUT2D eigenvalue weighted by Crippen LogP contribution is 2.46. The lowest BCUT2D eigenvalue weighted by Crippen LogP contribution is -2.73. The maximum absolute atomic E-state index is 12.5. The van der Waals surface area contributed by atoms with Gasteiger partial charge in [-0.05, 0) is 31.6 Å². The molecule has 3 aliphatic heterocycles. The van der Waals surface area contributed by atoms with Crippen LogP contribution in [0.15, 0.2) is 0 Å². The van der Waals surface area contributed by atoms with Gasteiger partial charge in [0.25, 0.3) is 0 Å². The number of nitrogens with zero attached hydrogens (tertiary/aromatic N) is 1. The molecule has 0 aromatic rings. The van der Waals surface area contributed by atoms with E-state index in [2.05, 4.69) is 4.90 Å². The molecule has 1 saturated carbocycles. The summed E-state index contributed by atoms with van der Waals surface area (Å²) in [5, 5.41) is 9.81. The summed E-state index contributed by atoms with van der Waals surface area (Å²) in [5.41, 5.74) is -0.740. The quantitative estimate of drug-likeness (QED) is 0.806. The Balaban J connectivity index is 1.89. The largest absolute Gasteiger partial charge is 0.394 e. The summed E-state index contributed by atoms with van der Waals surface area (Å²) in [6.45, 7) is 1.18. The molecule has 0 aromatic carbocycles. The first-order chi connectivity index (χ1) is 8.73. The maximum Gasteiger partial charge on any atom is 0.161 e. The Kier molecular flexibility index (Phi) is 3.20. The number of hydrogen-bond donors (Lipinski definition) is 1. The van der Waals surface area contributed by atoms with E-state index in [1.54, 1.807) is 7.11 Å². The van der Waals surface area contributed by atoms with Crippen LogP contribution in [0, 0.1) is 11.8 Å². The first kappa shape index (κ1) is 12.6. The minimum Gasteiger partial charge on any atom is -0.394 e. The second-order valence-electron chi connectivity index (χ2n) is 6.16. The summed E-state index contributed by atoms with van der Waals surface area (Å²) in [6, 6.07) is 0.498. The zero-order valence-electron chi connectivity index (χ0n) is 11.1. The molecule has 0 aromatic heterocycles. The number of aliphatic hydroxyl groups is 1. The number of piperidine rings is 3. The minimum absolute atomic E-state index is 0.0978. The topological polar surface area (TPSA) is 49.8 Å². The molecule has 2 bridgehead atoms.